The predicted octanol–water partition coefficient (Wildman–Crippen LogP) is 5.62. The first kappa shape index (κ1) is 14.6. The zero-order chi connectivity index (χ0) is 16.0. The summed E-state index contributed by atoms with van der Waals surface area (Å²) < 4.78 is 0. The average Bonchev–Trinajstić information content (AvgIpc) is 2.56. The van der Waals surface area contributed by atoms with E-state index in [0.29, 0.717) is 16.5 Å². The van der Waals surface area contributed by atoms with Gasteiger partial charge in [-0.2, -0.15) is 0 Å². The molecule has 0 spiro atoms. The maximum atomic E-state index is 12.1. The second-order valence-corrected chi connectivity index (χ2v) is 6.54. The molecule has 0 radical (unpaired) electrons. The quantitative estimate of drug-likeness (QED) is 0.611. The van der Waals surface area contributed by atoms with Gasteiger partial charge in [0.2, 0.25) is 5.91 Å². The van der Waals surface area contributed by atoms with E-state index in [4.69, 9.17) is 23.2 Å². The van der Waals surface area contributed by atoms with Gasteiger partial charge in [-0.05, 0) is 40.1 Å². The van der Waals surface area contributed by atoms with Crippen molar-refractivity contribution in [1.82, 2.24) is 0 Å². The maximum absolute atomic E-state index is 12.1. The van der Waals surface area contributed by atoms with Crippen molar-refractivity contribution in [2.45, 2.75) is 12.3 Å². The van der Waals surface area contributed by atoms with Crippen LogP contribution in [0.3, 0.4) is 0 Å². The van der Waals surface area contributed by atoms with Gasteiger partial charge in [0.15, 0.2) is 0 Å². The molecule has 4 rings (SSSR count). The number of amides is 1. The van der Waals surface area contributed by atoms with E-state index in [-0.39, 0.29) is 11.8 Å². The van der Waals surface area contributed by atoms with Crippen LogP contribution in [-0.4, -0.2) is 5.91 Å². The van der Waals surface area contributed by atoms with Crippen LogP contribution in [-0.2, 0) is 4.79 Å². The molecule has 0 aliphatic carbocycles. The fourth-order valence-electron chi connectivity index (χ4n) is 3.28. The largest absolute Gasteiger partial charge is 0.326 e. The number of hydrogen-bond donors (Lipinski definition) is 1. The number of hydrogen-bond acceptors (Lipinski definition) is 1. The van der Waals surface area contributed by atoms with Gasteiger partial charge in [-0.1, -0.05) is 59.6 Å². The number of benzene rings is 3. The van der Waals surface area contributed by atoms with Gasteiger partial charge < -0.3 is 5.32 Å². The van der Waals surface area contributed by atoms with Gasteiger partial charge in [0, 0.05) is 18.0 Å². The number of carbonyl (C=O) groups is 1. The summed E-state index contributed by atoms with van der Waals surface area (Å²) in [4.78, 5) is 12.1. The summed E-state index contributed by atoms with van der Waals surface area (Å²) in [6, 6.07) is 17.8. The van der Waals surface area contributed by atoms with Crippen LogP contribution in [0.4, 0.5) is 5.69 Å². The molecule has 3 aromatic carbocycles. The third-order valence-electron chi connectivity index (χ3n) is 4.33. The van der Waals surface area contributed by atoms with Crippen LogP contribution >= 0.6 is 23.2 Å². The Morgan fingerprint density at radius 1 is 0.957 bits per heavy atom. The Hall–Kier alpha value is -2.03. The highest BCUT2D eigenvalue weighted by molar-refractivity contribution is 6.42. The Kier molecular flexibility index (Phi) is 3.51. The first-order valence-electron chi connectivity index (χ1n) is 7.40. The van der Waals surface area contributed by atoms with E-state index in [0.717, 1.165) is 27.6 Å². The number of halogens is 2. The summed E-state index contributed by atoms with van der Waals surface area (Å²) in [7, 11) is 0. The molecule has 1 heterocycles. The molecule has 1 atom stereocenters. The van der Waals surface area contributed by atoms with Gasteiger partial charge >= 0.3 is 0 Å². The first-order valence-corrected chi connectivity index (χ1v) is 8.15. The van der Waals surface area contributed by atoms with Gasteiger partial charge in [0.05, 0.1) is 10.0 Å². The monoisotopic (exact) mass is 341 g/mol. The summed E-state index contributed by atoms with van der Waals surface area (Å²) in [5.74, 6) is -0.0107. The lowest BCUT2D eigenvalue weighted by Gasteiger charge is -2.27. The van der Waals surface area contributed by atoms with Crippen molar-refractivity contribution in [2.75, 3.05) is 5.32 Å². The van der Waals surface area contributed by atoms with Crippen LogP contribution < -0.4 is 5.32 Å². The van der Waals surface area contributed by atoms with Crippen molar-refractivity contribution in [3.8, 4) is 0 Å². The van der Waals surface area contributed by atoms with Gasteiger partial charge in [-0.3, -0.25) is 4.79 Å². The fourth-order valence-corrected chi connectivity index (χ4v) is 3.59. The minimum absolute atomic E-state index is 0.0175. The van der Waals surface area contributed by atoms with Gasteiger partial charge in [0.25, 0.3) is 0 Å². The van der Waals surface area contributed by atoms with E-state index in [1.807, 2.05) is 36.4 Å². The van der Waals surface area contributed by atoms with Crippen LogP contribution in [0.15, 0.2) is 54.6 Å². The summed E-state index contributed by atoms with van der Waals surface area (Å²) in [5.41, 5.74) is 3.02. The average molecular weight is 342 g/mol. The number of anilines is 1. The molecule has 0 aromatic heterocycles. The van der Waals surface area contributed by atoms with Crippen molar-refractivity contribution in [2.24, 2.45) is 0 Å². The molecule has 0 saturated carbocycles. The molecule has 0 fully saturated rings. The minimum atomic E-state index is -0.0281. The lowest BCUT2D eigenvalue weighted by Crippen LogP contribution is -2.23. The van der Waals surface area contributed by atoms with Crippen LogP contribution in [0.25, 0.3) is 10.8 Å². The number of fused-ring (bicyclic) bond motifs is 3. The molecular weight excluding hydrogens is 329 g/mol. The van der Waals surface area contributed by atoms with Crippen molar-refractivity contribution in [1.29, 1.82) is 0 Å². The molecule has 23 heavy (non-hydrogen) atoms. The molecule has 1 N–H and O–H groups in total. The van der Waals surface area contributed by atoms with E-state index in [1.165, 1.54) is 0 Å². The fraction of sp³-hybridized carbons (Fsp3) is 0.105. The van der Waals surface area contributed by atoms with E-state index >= 15 is 0 Å². The summed E-state index contributed by atoms with van der Waals surface area (Å²) in [6.07, 6.45) is 0.402. The number of nitrogens with one attached hydrogen (secondary N) is 1. The van der Waals surface area contributed by atoms with Crippen LogP contribution in [0.1, 0.15) is 23.5 Å². The van der Waals surface area contributed by atoms with Crippen LogP contribution in [0.5, 0.6) is 0 Å². The van der Waals surface area contributed by atoms with Crippen molar-refractivity contribution in [3.63, 3.8) is 0 Å². The summed E-state index contributed by atoms with van der Waals surface area (Å²) in [6.45, 7) is 0. The SMILES string of the molecule is O=C1CC(c2ccc(Cl)c(Cl)c2)c2c(ccc3ccccc23)N1. The lowest BCUT2D eigenvalue weighted by molar-refractivity contribution is -0.116. The Morgan fingerprint density at radius 2 is 1.78 bits per heavy atom. The van der Waals surface area contributed by atoms with E-state index in [9.17, 15) is 4.79 Å². The molecule has 1 aliphatic rings. The normalized spacial score (nSPS) is 17.0. The Bertz CT molecular complexity index is 936. The van der Waals surface area contributed by atoms with Crippen molar-refractivity contribution in [3.05, 3.63) is 75.8 Å². The van der Waals surface area contributed by atoms with Gasteiger partial charge in [0.1, 0.15) is 0 Å². The van der Waals surface area contributed by atoms with Crippen LogP contribution in [0.2, 0.25) is 10.0 Å². The maximum Gasteiger partial charge on any atom is 0.225 e. The number of carbonyl (C=O) groups excluding carboxylic acids is 1. The second-order valence-electron chi connectivity index (χ2n) is 5.73. The molecule has 1 unspecified atom stereocenters. The van der Waals surface area contributed by atoms with Gasteiger partial charge in [-0.15, -0.1) is 0 Å². The third-order valence-corrected chi connectivity index (χ3v) is 5.07. The Balaban J connectivity index is 1.97. The molecule has 114 valence electrons. The minimum Gasteiger partial charge on any atom is -0.326 e. The molecule has 4 heteroatoms. The Morgan fingerprint density at radius 3 is 2.61 bits per heavy atom. The highest BCUT2D eigenvalue weighted by Crippen LogP contribution is 2.42. The zero-order valence-electron chi connectivity index (χ0n) is 12.1. The van der Waals surface area contributed by atoms with Gasteiger partial charge in [-0.25, -0.2) is 0 Å². The highest BCUT2D eigenvalue weighted by atomic mass is 35.5. The standard InChI is InChI=1S/C19H13Cl2NO/c20-15-7-5-12(9-16(15)21)14-10-18(23)22-17-8-6-11-3-1-2-4-13(11)19(14)17/h1-9,14H,10H2,(H,22,23). The smallest absolute Gasteiger partial charge is 0.225 e. The molecule has 3 aromatic rings. The topological polar surface area (TPSA) is 29.1 Å². The number of rotatable bonds is 1. The molecule has 1 amide bonds. The van der Waals surface area contributed by atoms with Crippen LogP contribution in [0, 0.1) is 0 Å². The molecular formula is C19H13Cl2NO. The molecule has 2 nitrogen and oxygen atoms in total. The first-order chi connectivity index (χ1) is 11.1. The van der Waals surface area contributed by atoms with Crippen molar-refractivity contribution < 1.29 is 4.79 Å². The highest BCUT2D eigenvalue weighted by Gasteiger charge is 2.28. The second kappa shape index (κ2) is 5.55. The Labute approximate surface area is 144 Å². The lowest BCUT2D eigenvalue weighted by atomic mass is 9.82. The van der Waals surface area contributed by atoms with E-state index in [2.05, 4.69) is 17.4 Å². The summed E-state index contributed by atoms with van der Waals surface area (Å²) >= 11 is 12.2. The molecule has 1 aliphatic heterocycles. The predicted molar refractivity (Wildman–Crippen MR) is 95.5 cm³/mol. The van der Waals surface area contributed by atoms with E-state index < -0.39 is 0 Å². The summed E-state index contributed by atoms with van der Waals surface area (Å²) in [5, 5.41) is 6.33. The molecule has 0 saturated heterocycles. The third kappa shape index (κ3) is 2.48. The molecule has 0 bridgehead atoms. The van der Waals surface area contributed by atoms with Crippen molar-refractivity contribution >= 4 is 45.6 Å². The van der Waals surface area contributed by atoms with E-state index in [1.54, 1.807) is 6.07 Å². The zero-order valence-corrected chi connectivity index (χ0v) is 13.7.